The van der Waals surface area contributed by atoms with Crippen LogP contribution in [0.4, 0.5) is 10.1 Å². The molecule has 0 amide bonds. The number of carboxylic acid groups (broad SMARTS) is 1. The maximum atomic E-state index is 13.3. The van der Waals surface area contributed by atoms with Gasteiger partial charge in [0, 0.05) is 18.7 Å². The average molecular weight is 426 g/mol. The Balaban J connectivity index is 1.68. The van der Waals surface area contributed by atoms with Crippen molar-refractivity contribution in [3.05, 3.63) is 83.7 Å². The van der Waals surface area contributed by atoms with Crippen LogP contribution in [0.1, 0.15) is 11.1 Å². The van der Waals surface area contributed by atoms with Crippen molar-refractivity contribution in [1.82, 2.24) is 4.31 Å². The molecule has 0 unspecified atom stereocenters. The highest BCUT2D eigenvalue weighted by atomic mass is 32.2. The lowest BCUT2D eigenvalue weighted by Crippen LogP contribution is -2.48. The lowest BCUT2D eigenvalue weighted by Gasteiger charge is -2.33. The van der Waals surface area contributed by atoms with Gasteiger partial charge in [-0.2, -0.15) is 4.31 Å². The third-order valence-electron chi connectivity index (χ3n) is 5.24. The fourth-order valence-corrected chi connectivity index (χ4v) is 5.20. The van der Waals surface area contributed by atoms with E-state index in [4.69, 9.17) is 5.73 Å². The second kappa shape index (κ2) is 7.55. The molecule has 0 saturated heterocycles. The number of hydrogen-bond acceptors (Lipinski definition) is 4. The second-order valence-corrected chi connectivity index (χ2v) is 9.06. The molecular formula is C22H19FN2O4S. The highest BCUT2D eigenvalue weighted by Crippen LogP contribution is 2.31. The van der Waals surface area contributed by atoms with Gasteiger partial charge in [-0.05, 0) is 58.7 Å². The number of sulfonamides is 1. The van der Waals surface area contributed by atoms with Crippen molar-refractivity contribution < 1.29 is 22.7 Å². The van der Waals surface area contributed by atoms with Crippen LogP contribution < -0.4 is 5.73 Å². The number of anilines is 1. The van der Waals surface area contributed by atoms with Crippen LogP contribution in [0.5, 0.6) is 0 Å². The highest BCUT2D eigenvalue weighted by Gasteiger charge is 2.39. The molecule has 1 atom stereocenters. The minimum atomic E-state index is -4.05. The number of halogens is 1. The number of carbonyl (C=O) groups is 1. The number of nitrogen functional groups attached to an aromatic ring is 1. The van der Waals surface area contributed by atoms with E-state index < -0.39 is 22.0 Å². The van der Waals surface area contributed by atoms with Gasteiger partial charge in [0.2, 0.25) is 10.0 Å². The van der Waals surface area contributed by atoms with Gasteiger partial charge >= 0.3 is 5.97 Å². The molecule has 0 radical (unpaired) electrons. The van der Waals surface area contributed by atoms with Gasteiger partial charge in [-0.25, -0.2) is 12.8 Å². The Labute approximate surface area is 173 Å². The topological polar surface area (TPSA) is 101 Å². The maximum absolute atomic E-state index is 13.3. The number of carboxylic acids is 1. The molecule has 1 aliphatic rings. The largest absolute Gasteiger partial charge is 0.480 e. The molecule has 154 valence electrons. The monoisotopic (exact) mass is 426 g/mol. The predicted molar refractivity (Wildman–Crippen MR) is 111 cm³/mol. The van der Waals surface area contributed by atoms with Crippen molar-refractivity contribution in [3.63, 3.8) is 0 Å². The zero-order valence-corrected chi connectivity index (χ0v) is 16.6. The van der Waals surface area contributed by atoms with E-state index in [1.54, 1.807) is 42.5 Å². The molecule has 3 aromatic rings. The summed E-state index contributed by atoms with van der Waals surface area (Å²) in [6, 6.07) is 15.8. The summed E-state index contributed by atoms with van der Waals surface area (Å²) >= 11 is 0. The van der Waals surface area contributed by atoms with Crippen LogP contribution in [0.2, 0.25) is 0 Å². The number of benzene rings is 3. The summed E-state index contributed by atoms with van der Waals surface area (Å²) in [5.41, 5.74) is 9.23. The van der Waals surface area contributed by atoms with E-state index in [9.17, 15) is 22.7 Å². The molecule has 0 aromatic heterocycles. The molecule has 1 heterocycles. The Kier molecular flexibility index (Phi) is 5.05. The minimum absolute atomic E-state index is 0.00138. The summed E-state index contributed by atoms with van der Waals surface area (Å²) in [6.07, 6.45) is 0.0442. The normalized spacial score (nSPS) is 16.8. The summed E-state index contributed by atoms with van der Waals surface area (Å²) in [5.74, 6) is -1.57. The van der Waals surface area contributed by atoms with Crippen LogP contribution in [-0.2, 0) is 27.8 Å². The first kappa shape index (κ1) is 20.1. The molecule has 0 fully saturated rings. The first-order chi connectivity index (χ1) is 14.3. The molecule has 6 nitrogen and oxygen atoms in total. The Bertz CT molecular complexity index is 1210. The van der Waals surface area contributed by atoms with Gasteiger partial charge in [0.15, 0.2) is 0 Å². The Morgan fingerprint density at radius 3 is 2.17 bits per heavy atom. The minimum Gasteiger partial charge on any atom is -0.480 e. The van der Waals surface area contributed by atoms with Crippen molar-refractivity contribution >= 4 is 21.7 Å². The number of aliphatic carboxylic acids is 1. The molecule has 8 heteroatoms. The first-order valence-electron chi connectivity index (χ1n) is 9.23. The van der Waals surface area contributed by atoms with E-state index in [2.05, 4.69) is 0 Å². The first-order valence-corrected chi connectivity index (χ1v) is 10.7. The number of nitrogens with zero attached hydrogens (tertiary/aromatic N) is 1. The number of fused-ring (bicyclic) bond motifs is 1. The van der Waals surface area contributed by atoms with Gasteiger partial charge < -0.3 is 10.8 Å². The summed E-state index contributed by atoms with van der Waals surface area (Å²) in [6.45, 7) is -0.0470. The highest BCUT2D eigenvalue weighted by molar-refractivity contribution is 7.89. The van der Waals surface area contributed by atoms with E-state index in [0.29, 0.717) is 5.69 Å². The Morgan fingerprint density at radius 2 is 1.57 bits per heavy atom. The van der Waals surface area contributed by atoms with Crippen LogP contribution in [-0.4, -0.2) is 29.8 Å². The van der Waals surface area contributed by atoms with Crippen LogP contribution in [0.3, 0.4) is 0 Å². The zero-order chi connectivity index (χ0) is 21.5. The fourth-order valence-electron chi connectivity index (χ4n) is 3.64. The average Bonchev–Trinajstić information content (AvgIpc) is 2.73. The molecule has 30 heavy (non-hydrogen) atoms. The maximum Gasteiger partial charge on any atom is 0.322 e. The lowest BCUT2D eigenvalue weighted by atomic mass is 9.95. The van der Waals surface area contributed by atoms with E-state index in [1.165, 1.54) is 24.3 Å². The van der Waals surface area contributed by atoms with Crippen LogP contribution in [0.25, 0.3) is 11.1 Å². The van der Waals surface area contributed by atoms with Crippen molar-refractivity contribution in [1.29, 1.82) is 0 Å². The third kappa shape index (κ3) is 3.67. The fraction of sp³-hybridized carbons (Fsp3) is 0.136. The summed E-state index contributed by atoms with van der Waals surface area (Å²) in [7, 11) is -4.05. The third-order valence-corrected chi connectivity index (χ3v) is 7.11. The SMILES string of the molecule is Nc1ccc2c(c1)C[C@H](C(=O)O)N(S(=O)(=O)c1ccc(-c3ccc(F)cc3)cc1)C2. The van der Waals surface area contributed by atoms with Crippen molar-refractivity contribution in [2.24, 2.45) is 0 Å². The van der Waals surface area contributed by atoms with E-state index in [0.717, 1.165) is 26.6 Å². The Hall–Kier alpha value is -3.23. The van der Waals surface area contributed by atoms with E-state index in [-0.39, 0.29) is 23.7 Å². The van der Waals surface area contributed by atoms with Gasteiger partial charge in [-0.1, -0.05) is 30.3 Å². The van der Waals surface area contributed by atoms with Crippen LogP contribution in [0, 0.1) is 5.82 Å². The molecule has 0 saturated carbocycles. The molecule has 4 rings (SSSR count). The quantitative estimate of drug-likeness (QED) is 0.624. The van der Waals surface area contributed by atoms with E-state index >= 15 is 0 Å². The smallest absolute Gasteiger partial charge is 0.322 e. The molecule has 1 aliphatic heterocycles. The Morgan fingerprint density at radius 1 is 0.967 bits per heavy atom. The molecule has 0 spiro atoms. The zero-order valence-electron chi connectivity index (χ0n) is 15.8. The summed E-state index contributed by atoms with van der Waals surface area (Å²) in [5, 5.41) is 9.66. The van der Waals surface area contributed by atoms with Gasteiger partial charge in [-0.3, -0.25) is 4.79 Å². The standard InChI is InChI=1S/C22H19FN2O4S/c23-18-6-1-14(2-7-18)15-4-9-20(10-5-15)30(28,29)25-13-16-3-8-19(24)11-17(16)12-21(25)22(26)27/h1-11,21H,12-13,24H2,(H,26,27)/t21-/m1/s1. The summed E-state index contributed by atoms with van der Waals surface area (Å²) in [4.78, 5) is 11.8. The van der Waals surface area contributed by atoms with Gasteiger partial charge in [0.05, 0.1) is 4.90 Å². The van der Waals surface area contributed by atoms with Crippen molar-refractivity contribution in [2.45, 2.75) is 23.9 Å². The summed E-state index contributed by atoms with van der Waals surface area (Å²) < 4.78 is 40.7. The number of nitrogens with two attached hydrogens (primary N) is 1. The molecule has 0 aliphatic carbocycles. The van der Waals surface area contributed by atoms with E-state index in [1.807, 2.05) is 0 Å². The van der Waals surface area contributed by atoms with Gasteiger partial charge in [-0.15, -0.1) is 0 Å². The van der Waals surface area contributed by atoms with Crippen LogP contribution in [0.15, 0.2) is 71.6 Å². The molecule has 3 aromatic carbocycles. The number of rotatable bonds is 4. The van der Waals surface area contributed by atoms with Crippen molar-refractivity contribution in [3.8, 4) is 11.1 Å². The number of hydrogen-bond donors (Lipinski definition) is 2. The van der Waals surface area contributed by atoms with Gasteiger partial charge in [0.25, 0.3) is 0 Å². The molecule has 0 bridgehead atoms. The molecular weight excluding hydrogens is 407 g/mol. The van der Waals surface area contributed by atoms with Crippen molar-refractivity contribution in [2.75, 3.05) is 5.73 Å². The predicted octanol–water partition coefficient (Wildman–Crippen LogP) is 3.28. The second-order valence-electron chi connectivity index (χ2n) is 7.17. The lowest BCUT2D eigenvalue weighted by molar-refractivity contribution is -0.141. The van der Waals surface area contributed by atoms with Gasteiger partial charge in [0.1, 0.15) is 11.9 Å². The van der Waals surface area contributed by atoms with Crippen LogP contribution >= 0.6 is 0 Å². The molecule has 3 N–H and O–H groups in total.